The zero-order valence-corrected chi connectivity index (χ0v) is 11.7. The maximum absolute atomic E-state index is 5.85. The van der Waals surface area contributed by atoms with E-state index in [0.29, 0.717) is 11.6 Å². The van der Waals surface area contributed by atoms with Crippen LogP contribution in [0.3, 0.4) is 0 Å². The third-order valence-corrected chi connectivity index (χ3v) is 3.54. The van der Waals surface area contributed by atoms with Crippen LogP contribution in [-0.2, 0) is 6.42 Å². The molecule has 7 heteroatoms. The Morgan fingerprint density at radius 2 is 2.00 bits per heavy atom. The van der Waals surface area contributed by atoms with Gasteiger partial charge in [-0.15, -0.1) is 5.53 Å². The van der Waals surface area contributed by atoms with Crippen molar-refractivity contribution in [3.8, 4) is 5.69 Å². The predicted octanol–water partition coefficient (Wildman–Crippen LogP) is 1.70. The van der Waals surface area contributed by atoms with Crippen molar-refractivity contribution in [2.24, 2.45) is 0 Å². The largest absolute Gasteiger partial charge is 0.384 e. The summed E-state index contributed by atoms with van der Waals surface area (Å²) < 4.78 is 1.87. The summed E-state index contributed by atoms with van der Waals surface area (Å²) in [5.74, 6) is 1.20. The van der Waals surface area contributed by atoms with Crippen LogP contribution in [0.2, 0.25) is 0 Å². The maximum atomic E-state index is 5.85. The Balaban J connectivity index is 1.64. The van der Waals surface area contributed by atoms with E-state index in [-0.39, 0.29) is 0 Å². The minimum absolute atomic E-state index is 0.488. The molecule has 0 saturated carbocycles. The summed E-state index contributed by atoms with van der Waals surface area (Å²) >= 11 is 0. The normalized spacial score (nSPS) is 12.5. The van der Waals surface area contributed by atoms with Gasteiger partial charge in [0.2, 0.25) is 0 Å². The number of fused-ring (bicyclic) bond motifs is 1. The van der Waals surface area contributed by atoms with Crippen LogP contribution in [0.1, 0.15) is 11.1 Å². The number of hydrazine groups is 2. The fraction of sp³-hybridized carbons (Fsp3) is 0.0667. The van der Waals surface area contributed by atoms with Crippen LogP contribution < -0.4 is 22.1 Å². The highest BCUT2D eigenvalue weighted by atomic mass is 15.6. The van der Waals surface area contributed by atoms with Crippen LogP contribution in [0.25, 0.3) is 5.69 Å². The summed E-state index contributed by atoms with van der Waals surface area (Å²) in [6.07, 6.45) is 4.61. The van der Waals surface area contributed by atoms with Gasteiger partial charge in [-0.05, 0) is 29.3 Å². The highest BCUT2D eigenvalue weighted by molar-refractivity contribution is 5.74. The second-order valence-corrected chi connectivity index (χ2v) is 5.11. The molecule has 5 N–H and O–H groups in total. The molecule has 0 bridgehead atoms. The van der Waals surface area contributed by atoms with E-state index in [0.717, 1.165) is 28.9 Å². The number of rotatable bonds is 3. The van der Waals surface area contributed by atoms with Crippen LogP contribution in [0, 0.1) is 0 Å². The van der Waals surface area contributed by atoms with Crippen LogP contribution in [0.4, 0.5) is 17.3 Å². The molecular weight excluding hydrogens is 278 g/mol. The molecule has 0 unspecified atom stereocenters. The van der Waals surface area contributed by atoms with Gasteiger partial charge in [0.25, 0.3) is 0 Å². The number of nitrogen functional groups attached to an aromatic ring is 1. The molecule has 0 radical (unpaired) electrons. The topological polar surface area (TPSA) is 92.8 Å². The van der Waals surface area contributed by atoms with Crippen molar-refractivity contribution in [2.75, 3.05) is 16.6 Å². The van der Waals surface area contributed by atoms with Crippen molar-refractivity contribution in [1.29, 1.82) is 0 Å². The Bertz CT molecular complexity index is 810. The minimum Gasteiger partial charge on any atom is -0.384 e. The highest BCUT2D eigenvalue weighted by Gasteiger charge is 2.17. The van der Waals surface area contributed by atoms with E-state index in [4.69, 9.17) is 5.73 Å². The van der Waals surface area contributed by atoms with Crippen molar-refractivity contribution in [3.05, 3.63) is 59.9 Å². The van der Waals surface area contributed by atoms with Gasteiger partial charge in [-0.1, -0.05) is 18.2 Å². The summed E-state index contributed by atoms with van der Waals surface area (Å²) in [7, 11) is 0. The molecule has 1 aromatic carbocycles. The summed E-state index contributed by atoms with van der Waals surface area (Å²) in [5, 5.41) is 4.42. The lowest BCUT2D eigenvalue weighted by Gasteiger charge is -2.06. The molecule has 0 spiro atoms. The molecule has 1 aliphatic rings. The second-order valence-electron chi connectivity index (χ2n) is 5.11. The number of anilines is 3. The van der Waals surface area contributed by atoms with E-state index in [9.17, 15) is 0 Å². The molecule has 0 fully saturated rings. The van der Waals surface area contributed by atoms with E-state index in [1.165, 1.54) is 0 Å². The number of hydrogen-bond acceptors (Lipinski definition) is 6. The molecule has 1 aliphatic heterocycles. The van der Waals surface area contributed by atoms with Gasteiger partial charge in [-0.2, -0.15) is 5.10 Å². The first-order chi connectivity index (χ1) is 10.8. The van der Waals surface area contributed by atoms with Crippen molar-refractivity contribution in [1.82, 2.24) is 20.3 Å². The lowest BCUT2D eigenvalue weighted by Crippen LogP contribution is -2.19. The molecule has 22 heavy (non-hydrogen) atoms. The SMILES string of the molecule is Nc1cc(Cc2cnn(-c3ccccc3)c2)c2c(n1)NNN2. The molecule has 3 heterocycles. The van der Waals surface area contributed by atoms with Crippen molar-refractivity contribution < 1.29 is 0 Å². The molecule has 110 valence electrons. The fourth-order valence-electron chi connectivity index (χ4n) is 2.54. The quantitative estimate of drug-likeness (QED) is 0.587. The van der Waals surface area contributed by atoms with Gasteiger partial charge >= 0.3 is 0 Å². The van der Waals surface area contributed by atoms with Crippen LogP contribution in [-0.4, -0.2) is 14.8 Å². The molecule has 0 amide bonds. The maximum Gasteiger partial charge on any atom is 0.169 e. The predicted molar refractivity (Wildman–Crippen MR) is 85.4 cm³/mol. The Hall–Kier alpha value is -3.06. The van der Waals surface area contributed by atoms with E-state index >= 15 is 0 Å². The monoisotopic (exact) mass is 293 g/mol. The average molecular weight is 293 g/mol. The van der Waals surface area contributed by atoms with Crippen molar-refractivity contribution in [2.45, 2.75) is 6.42 Å². The van der Waals surface area contributed by atoms with E-state index < -0.39 is 0 Å². The van der Waals surface area contributed by atoms with Gasteiger partial charge < -0.3 is 11.2 Å². The van der Waals surface area contributed by atoms with Gasteiger partial charge in [-0.3, -0.25) is 5.43 Å². The molecule has 3 aromatic rings. The standard InChI is InChI=1S/C15H15N7/c16-13-7-11(14-15(18-13)20-21-19-14)6-10-8-17-22(9-10)12-4-2-1-3-5-12/h1-5,7-9,19,21H,6H2,(H3,16,18,20). The third-order valence-electron chi connectivity index (χ3n) is 3.54. The third kappa shape index (κ3) is 2.23. The first kappa shape index (κ1) is 12.7. The lowest BCUT2D eigenvalue weighted by molar-refractivity contribution is 0.880. The Labute approximate surface area is 127 Å². The molecule has 0 aliphatic carbocycles. The number of hydrogen-bond donors (Lipinski definition) is 4. The van der Waals surface area contributed by atoms with Crippen LogP contribution >= 0.6 is 0 Å². The summed E-state index contributed by atoms with van der Waals surface area (Å²) in [4.78, 5) is 4.23. The number of pyridine rings is 1. The van der Waals surface area contributed by atoms with Gasteiger partial charge in [-0.25, -0.2) is 9.67 Å². The average Bonchev–Trinajstić information content (AvgIpc) is 3.17. The van der Waals surface area contributed by atoms with Gasteiger partial charge in [0, 0.05) is 12.6 Å². The number of para-hydroxylation sites is 1. The van der Waals surface area contributed by atoms with Gasteiger partial charge in [0.1, 0.15) is 5.82 Å². The number of nitrogens with two attached hydrogens (primary N) is 1. The molecule has 0 atom stereocenters. The first-order valence-electron chi connectivity index (χ1n) is 6.95. The van der Waals surface area contributed by atoms with E-state index in [1.807, 2.05) is 53.5 Å². The van der Waals surface area contributed by atoms with E-state index in [1.54, 1.807) is 0 Å². The number of nitrogens with one attached hydrogen (secondary N) is 3. The summed E-state index contributed by atoms with van der Waals surface area (Å²) in [6.45, 7) is 0. The minimum atomic E-state index is 0.488. The van der Waals surface area contributed by atoms with Crippen molar-refractivity contribution >= 4 is 17.3 Å². The first-order valence-corrected chi connectivity index (χ1v) is 6.95. The van der Waals surface area contributed by atoms with Gasteiger partial charge in [0.15, 0.2) is 5.82 Å². The summed E-state index contributed by atoms with van der Waals surface area (Å²) in [5.41, 5.74) is 18.8. The highest BCUT2D eigenvalue weighted by Crippen LogP contribution is 2.30. The van der Waals surface area contributed by atoms with Gasteiger partial charge in [0.05, 0.1) is 17.6 Å². The van der Waals surface area contributed by atoms with E-state index in [2.05, 4.69) is 26.5 Å². The summed E-state index contributed by atoms with van der Waals surface area (Å²) in [6, 6.07) is 11.9. The molecule has 0 saturated heterocycles. The molecule has 2 aromatic heterocycles. The Kier molecular flexibility index (Phi) is 2.90. The zero-order valence-electron chi connectivity index (χ0n) is 11.7. The zero-order chi connectivity index (χ0) is 14.9. The second kappa shape index (κ2) is 5.05. The molecule has 4 rings (SSSR count). The Morgan fingerprint density at radius 1 is 1.14 bits per heavy atom. The molecule has 7 nitrogen and oxygen atoms in total. The van der Waals surface area contributed by atoms with Crippen LogP contribution in [0.15, 0.2) is 48.8 Å². The number of nitrogens with zero attached hydrogens (tertiary/aromatic N) is 3. The lowest BCUT2D eigenvalue weighted by atomic mass is 10.1. The smallest absolute Gasteiger partial charge is 0.169 e. The molecular formula is C15H15N7. The van der Waals surface area contributed by atoms with Crippen molar-refractivity contribution in [3.63, 3.8) is 0 Å². The number of aromatic nitrogens is 3. The number of benzene rings is 1. The Morgan fingerprint density at radius 3 is 2.86 bits per heavy atom. The fourth-order valence-corrected chi connectivity index (χ4v) is 2.54. The van der Waals surface area contributed by atoms with Crippen LogP contribution in [0.5, 0.6) is 0 Å².